The first-order valence-corrected chi connectivity index (χ1v) is 9.87. The van der Waals surface area contributed by atoms with Gasteiger partial charge in [-0.15, -0.1) is 0 Å². The van der Waals surface area contributed by atoms with Crippen LogP contribution in [0.3, 0.4) is 0 Å². The molecule has 1 heterocycles. The van der Waals surface area contributed by atoms with E-state index in [1.165, 1.54) is 0 Å². The summed E-state index contributed by atoms with van der Waals surface area (Å²) in [6, 6.07) is 12.4. The Morgan fingerprint density at radius 3 is 2.65 bits per heavy atom. The van der Waals surface area contributed by atoms with E-state index in [9.17, 15) is 13.2 Å². The Balaban J connectivity index is 1.67. The van der Waals surface area contributed by atoms with E-state index in [4.69, 9.17) is 9.47 Å². The van der Waals surface area contributed by atoms with Gasteiger partial charge in [-0.2, -0.15) is 0 Å². The van der Waals surface area contributed by atoms with Crippen molar-refractivity contribution in [2.24, 2.45) is 0 Å². The Kier molecular flexibility index (Phi) is 5.03. The lowest BCUT2D eigenvalue weighted by atomic mass is 10.2. The summed E-state index contributed by atoms with van der Waals surface area (Å²) in [6.45, 7) is 2.03. The Hall–Kier alpha value is -2.74. The van der Waals surface area contributed by atoms with Crippen LogP contribution in [0.5, 0.6) is 11.5 Å². The molecular weight excluding hydrogens is 356 g/mol. The molecule has 138 valence electrons. The first-order chi connectivity index (χ1) is 12.3. The third kappa shape index (κ3) is 4.26. The van der Waals surface area contributed by atoms with Crippen molar-refractivity contribution >= 4 is 21.6 Å². The lowest BCUT2D eigenvalue weighted by Crippen LogP contribution is -2.40. The van der Waals surface area contributed by atoms with E-state index >= 15 is 0 Å². The van der Waals surface area contributed by atoms with Gasteiger partial charge >= 0.3 is 0 Å². The highest BCUT2D eigenvalue weighted by atomic mass is 32.2. The van der Waals surface area contributed by atoms with E-state index in [2.05, 4.69) is 5.32 Å². The van der Waals surface area contributed by atoms with Gasteiger partial charge in [0, 0.05) is 6.54 Å². The standard InChI is InChI=1S/C18H20N2O5S/c1-13-4-3-5-15(8-13)20(26(2,22)23)11-18(21)19-10-14-6-7-16-17(9-14)25-12-24-16/h3-9H,10-12H2,1-2H3,(H,19,21). The van der Waals surface area contributed by atoms with E-state index in [-0.39, 0.29) is 19.9 Å². The third-order valence-corrected chi connectivity index (χ3v) is 5.04. The monoisotopic (exact) mass is 376 g/mol. The fourth-order valence-corrected chi connectivity index (χ4v) is 3.47. The quantitative estimate of drug-likeness (QED) is 0.831. The van der Waals surface area contributed by atoms with E-state index in [0.717, 1.165) is 21.7 Å². The molecule has 0 bridgehead atoms. The van der Waals surface area contributed by atoms with Crippen molar-refractivity contribution in [3.63, 3.8) is 0 Å². The SMILES string of the molecule is Cc1cccc(N(CC(=O)NCc2ccc3c(c2)OCO3)S(C)(=O)=O)c1. The van der Waals surface area contributed by atoms with Crippen molar-refractivity contribution < 1.29 is 22.7 Å². The van der Waals surface area contributed by atoms with Crippen molar-refractivity contribution in [3.8, 4) is 11.5 Å². The highest BCUT2D eigenvalue weighted by Crippen LogP contribution is 2.32. The number of nitrogens with one attached hydrogen (secondary N) is 1. The van der Waals surface area contributed by atoms with Crippen molar-refractivity contribution in [1.29, 1.82) is 0 Å². The van der Waals surface area contributed by atoms with Gasteiger partial charge in [-0.1, -0.05) is 18.2 Å². The molecule has 7 nitrogen and oxygen atoms in total. The molecule has 1 N–H and O–H groups in total. The van der Waals surface area contributed by atoms with Crippen LogP contribution in [0.15, 0.2) is 42.5 Å². The van der Waals surface area contributed by atoms with Crippen LogP contribution in [-0.2, 0) is 21.4 Å². The first kappa shape index (κ1) is 18.1. The van der Waals surface area contributed by atoms with Crippen LogP contribution in [0.1, 0.15) is 11.1 Å². The second kappa shape index (κ2) is 7.25. The highest BCUT2D eigenvalue weighted by Gasteiger charge is 2.21. The second-order valence-corrected chi connectivity index (χ2v) is 7.98. The van der Waals surface area contributed by atoms with Gasteiger partial charge in [0.2, 0.25) is 22.7 Å². The van der Waals surface area contributed by atoms with Gasteiger partial charge in [0.15, 0.2) is 11.5 Å². The summed E-state index contributed by atoms with van der Waals surface area (Å²) in [5, 5.41) is 2.74. The van der Waals surface area contributed by atoms with E-state index in [1.54, 1.807) is 30.3 Å². The smallest absolute Gasteiger partial charge is 0.241 e. The Labute approximate surface area is 152 Å². The summed E-state index contributed by atoms with van der Waals surface area (Å²) >= 11 is 0. The lowest BCUT2D eigenvalue weighted by Gasteiger charge is -2.22. The molecule has 0 atom stereocenters. The number of ether oxygens (including phenoxy) is 2. The molecule has 26 heavy (non-hydrogen) atoms. The molecule has 2 aromatic carbocycles. The van der Waals surface area contributed by atoms with Gasteiger partial charge in [0.05, 0.1) is 11.9 Å². The van der Waals surface area contributed by atoms with E-state index in [0.29, 0.717) is 17.2 Å². The summed E-state index contributed by atoms with van der Waals surface area (Å²) in [6.07, 6.45) is 1.08. The van der Waals surface area contributed by atoms with Crippen molar-refractivity contribution in [3.05, 3.63) is 53.6 Å². The molecule has 1 amide bonds. The fraction of sp³-hybridized carbons (Fsp3) is 0.278. The second-order valence-electron chi connectivity index (χ2n) is 6.07. The third-order valence-electron chi connectivity index (χ3n) is 3.90. The number of amides is 1. The highest BCUT2D eigenvalue weighted by molar-refractivity contribution is 7.92. The molecule has 0 aromatic heterocycles. The normalized spacial score (nSPS) is 12.7. The molecular formula is C18H20N2O5S. The number of fused-ring (bicyclic) bond motifs is 1. The average molecular weight is 376 g/mol. The van der Waals surface area contributed by atoms with Gasteiger partial charge in [-0.3, -0.25) is 9.10 Å². The van der Waals surface area contributed by atoms with Gasteiger partial charge in [0.25, 0.3) is 0 Å². The zero-order valence-electron chi connectivity index (χ0n) is 14.6. The van der Waals surface area contributed by atoms with Crippen LogP contribution in [0.4, 0.5) is 5.69 Å². The maximum absolute atomic E-state index is 12.3. The zero-order valence-corrected chi connectivity index (χ0v) is 15.4. The Bertz CT molecular complexity index is 927. The van der Waals surface area contributed by atoms with Crippen LogP contribution in [0.25, 0.3) is 0 Å². The molecule has 0 aliphatic carbocycles. The van der Waals surface area contributed by atoms with Crippen LogP contribution in [-0.4, -0.2) is 33.9 Å². The molecule has 1 aliphatic heterocycles. The number of hydrogen-bond donors (Lipinski definition) is 1. The van der Waals surface area contributed by atoms with Gasteiger partial charge in [-0.05, 0) is 42.3 Å². The summed E-state index contributed by atoms with van der Waals surface area (Å²) in [4.78, 5) is 12.3. The van der Waals surface area contributed by atoms with E-state index < -0.39 is 15.9 Å². The summed E-state index contributed by atoms with van der Waals surface area (Å²) in [5.74, 6) is 0.909. The number of aryl methyl sites for hydroxylation is 1. The topological polar surface area (TPSA) is 84.9 Å². The molecule has 1 aliphatic rings. The van der Waals surface area contributed by atoms with Gasteiger partial charge in [-0.25, -0.2) is 8.42 Å². The van der Waals surface area contributed by atoms with Crippen molar-refractivity contribution in [1.82, 2.24) is 5.32 Å². The summed E-state index contributed by atoms with van der Waals surface area (Å²) < 4.78 is 35.8. The molecule has 0 fully saturated rings. The predicted molar refractivity (Wildman–Crippen MR) is 97.8 cm³/mol. The number of carbonyl (C=O) groups is 1. The molecule has 0 unspecified atom stereocenters. The van der Waals surface area contributed by atoms with Crippen molar-refractivity contribution in [2.75, 3.05) is 23.9 Å². The Morgan fingerprint density at radius 2 is 1.92 bits per heavy atom. The van der Waals surface area contributed by atoms with Gasteiger partial charge < -0.3 is 14.8 Å². The number of benzene rings is 2. The average Bonchev–Trinajstić information content (AvgIpc) is 3.04. The number of rotatable bonds is 6. The zero-order chi connectivity index (χ0) is 18.7. The summed E-state index contributed by atoms with van der Waals surface area (Å²) in [5.41, 5.74) is 2.21. The van der Waals surface area contributed by atoms with Crippen LogP contribution >= 0.6 is 0 Å². The number of anilines is 1. The minimum absolute atomic E-state index is 0.185. The molecule has 0 radical (unpaired) electrons. The number of carbonyl (C=O) groups excluding carboxylic acids is 1. The molecule has 3 rings (SSSR count). The molecule has 2 aromatic rings. The number of hydrogen-bond acceptors (Lipinski definition) is 5. The van der Waals surface area contributed by atoms with Crippen molar-refractivity contribution in [2.45, 2.75) is 13.5 Å². The maximum Gasteiger partial charge on any atom is 0.241 e. The minimum Gasteiger partial charge on any atom is -0.454 e. The predicted octanol–water partition coefficient (Wildman–Crippen LogP) is 1.81. The Morgan fingerprint density at radius 1 is 1.15 bits per heavy atom. The van der Waals surface area contributed by atoms with Crippen LogP contribution in [0.2, 0.25) is 0 Å². The molecule has 0 saturated heterocycles. The lowest BCUT2D eigenvalue weighted by molar-refractivity contribution is -0.119. The van der Waals surface area contributed by atoms with Gasteiger partial charge in [0.1, 0.15) is 6.54 Å². The molecule has 8 heteroatoms. The fourth-order valence-electron chi connectivity index (χ4n) is 2.62. The largest absolute Gasteiger partial charge is 0.454 e. The number of nitrogens with zero attached hydrogens (tertiary/aromatic N) is 1. The number of sulfonamides is 1. The van der Waals surface area contributed by atoms with Crippen LogP contribution < -0.4 is 19.1 Å². The molecule has 0 saturated carbocycles. The van der Waals surface area contributed by atoms with E-state index in [1.807, 2.05) is 19.1 Å². The summed E-state index contributed by atoms with van der Waals surface area (Å²) in [7, 11) is -3.58. The van der Waals surface area contributed by atoms with Crippen LogP contribution in [0, 0.1) is 6.92 Å². The maximum atomic E-state index is 12.3. The minimum atomic E-state index is -3.58. The first-order valence-electron chi connectivity index (χ1n) is 8.02. The molecule has 0 spiro atoms.